The normalized spacial score (nSPS) is 10.4. The van der Waals surface area contributed by atoms with Crippen LogP contribution < -0.4 is 5.32 Å². The number of carboxylic acids is 1. The van der Waals surface area contributed by atoms with E-state index in [0.29, 0.717) is 16.3 Å². The molecule has 9 heteroatoms. The third kappa shape index (κ3) is 4.35. The molecule has 0 atom stereocenters. The lowest BCUT2D eigenvalue weighted by molar-refractivity contribution is 0.0702. The molecule has 0 aliphatic carbocycles. The Kier molecular flexibility index (Phi) is 5.52. The third-order valence-corrected chi connectivity index (χ3v) is 6.22. The monoisotopic (exact) mass is 438 g/mol. The van der Waals surface area contributed by atoms with Gasteiger partial charge in [-0.2, -0.15) is 0 Å². The number of thiophene rings is 2. The van der Waals surface area contributed by atoms with Crippen LogP contribution in [-0.4, -0.2) is 22.3 Å². The molecular formula is C21H14N2O5S2. The minimum absolute atomic E-state index is 0.141. The van der Waals surface area contributed by atoms with Gasteiger partial charge in [0.2, 0.25) is 5.76 Å². The maximum atomic E-state index is 12.1. The van der Waals surface area contributed by atoms with Crippen LogP contribution in [0.25, 0.3) is 9.40 Å². The molecule has 4 rings (SSSR count). The third-order valence-electron chi connectivity index (χ3n) is 4.02. The van der Waals surface area contributed by atoms with Crippen LogP contribution in [0.3, 0.4) is 0 Å². The molecule has 0 saturated carbocycles. The van der Waals surface area contributed by atoms with Crippen LogP contribution >= 0.6 is 22.7 Å². The molecule has 0 saturated heterocycles. The Morgan fingerprint density at radius 3 is 2.67 bits per heavy atom. The molecule has 30 heavy (non-hydrogen) atoms. The number of benzene rings is 1. The van der Waals surface area contributed by atoms with Crippen molar-refractivity contribution in [2.24, 2.45) is 0 Å². The van der Waals surface area contributed by atoms with E-state index < -0.39 is 12.1 Å². The van der Waals surface area contributed by atoms with Crippen LogP contribution in [0.1, 0.15) is 31.6 Å². The molecule has 3 aromatic heterocycles. The van der Waals surface area contributed by atoms with Crippen molar-refractivity contribution in [2.45, 2.75) is 13.5 Å². The van der Waals surface area contributed by atoms with Crippen molar-refractivity contribution in [1.29, 1.82) is 0 Å². The molecule has 7 nitrogen and oxygen atoms in total. The minimum Gasteiger partial charge on any atom is -0.477 e. The summed E-state index contributed by atoms with van der Waals surface area (Å²) in [6.45, 7) is 1.83. The number of aromatic nitrogens is 1. The zero-order valence-corrected chi connectivity index (χ0v) is 17.2. The lowest BCUT2D eigenvalue weighted by atomic mass is 10.2. The number of nitrogens with zero attached hydrogens (tertiary/aromatic N) is 1. The summed E-state index contributed by atoms with van der Waals surface area (Å²) in [6.07, 6.45) is -0.633. The minimum atomic E-state index is -0.942. The van der Waals surface area contributed by atoms with Crippen molar-refractivity contribution in [3.8, 4) is 11.8 Å². The second kappa shape index (κ2) is 8.41. The van der Waals surface area contributed by atoms with Crippen LogP contribution in [0.5, 0.6) is 0 Å². The number of aryl methyl sites for hydroxylation is 1. The molecule has 0 bridgehead atoms. The van der Waals surface area contributed by atoms with Gasteiger partial charge in [-0.25, -0.2) is 9.59 Å². The molecule has 1 aromatic carbocycles. The van der Waals surface area contributed by atoms with E-state index >= 15 is 0 Å². The summed E-state index contributed by atoms with van der Waals surface area (Å²) in [5, 5.41) is 15.5. The maximum Gasteiger partial charge on any atom is 0.412 e. The molecule has 0 radical (unpaired) electrons. The smallest absolute Gasteiger partial charge is 0.412 e. The highest BCUT2D eigenvalue weighted by molar-refractivity contribution is 7.28. The number of hydrogen-bond donors (Lipinski definition) is 2. The van der Waals surface area contributed by atoms with E-state index in [1.54, 1.807) is 13.0 Å². The van der Waals surface area contributed by atoms with Gasteiger partial charge in [0.1, 0.15) is 22.9 Å². The molecular weight excluding hydrogens is 424 g/mol. The summed E-state index contributed by atoms with van der Waals surface area (Å²) in [5.74, 6) is 5.11. The van der Waals surface area contributed by atoms with Crippen molar-refractivity contribution in [1.82, 2.24) is 5.16 Å². The molecule has 0 fully saturated rings. The molecule has 2 N–H and O–H groups in total. The number of carbonyl (C=O) groups excluding carboxylic acids is 1. The van der Waals surface area contributed by atoms with Gasteiger partial charge < -0.3 is 14.4 Å². The molecule has 0 spiro atoms. The number of anilines is 1. The summed E-state index contributed by atoms with van der Waals surface area (Å²) >= 11 is 2.59. The number of aromatic carboxylic acids is 1. The average molecular weight is 438 g/mol. The summed E-state index contributed by atoms with van der Waals surface area (Å²) in [5.41, 5.74) is 1.71. The second-order valence-electron chi connectivity index (χ2n) is 6.16. The quantitative estimate of drug-likeness (QED) is 0.430. The van der Waals surface area contributed by atoms with E-state index in [0.717, 1.165) is 19.8 Å². The number of ether oxygens (including phenoxy) is 1. The lowest BCUT2D eigenvalue weighted by Gasteiger charge is -2.06. The molecule has 4 aromatic rings. The topological polar surface area (TPSA) is 102 Å². The summed E-state index contributed by atoms with van der Waals surface area (Å²) in [7, 11) is 0. The largest absolute Gasteiger partial charge is 0.477 e. The average Bonchev–Trinajstić information content (AvgIpc) is 3.40. The maximum absolute atomic E-state index is 12.1. The predicted molar refractivity (Wildman–Crippen MR) is 114 cm³/mol. The Hall–Kier alpha value is -3.61. The molecule has 3 heterocycles. The summed E-state index contributed by atoms with van der Waals surface area (Å²) in [4.78, 5) is 24.2. The molecule has 0 aliphatic heterocycles. The summed E-state index contributed by atoms with van der Waals surface area (Å²) < 4.78 is 12.2. The van der Waals surface area contributed by atoms with Gasteiger partial charge in [-0.05, 0) is 36.5 Å². The number of nitrogens with one attached hydrogen (secondary N) is 1. The number of carbonyl (C=O) groups is 2. The Bertz CT molecular complexity index is 1260. The van der Waals surface area contributed by atoms with Crippen molar-refractivity contribution in [3.05, 3.63) is 69.2 Å². The van der Waals surface area contributed by atoms with Crippen LogP contribution in [-0.2, 0) is 11.3 Å². The van der Waals surface area contributed by atoms with Gasteiger partial charge in [0.25, 0.3) is 0 Å². The van der Waals surface area contributed by atoms with Crippen molar-refractivity contribution in [3.63, 3.8) is 0 Å². The van der Waals surface area contributed by atoms with Crippen LogP contribution in [0, 0.1) is 18.8 Å². The highest BCUT2D eigenvalue weighted by Gasteiger charge is 2.16. The van der Waals surface area contributed by atoms with Gasteiger partial charge in [-0.1, -0.05) is 35.5 Å². The van der Waals surface area contributed by atoms with Gasteiger partial charge in [-0.15, -0.1) is 22.7 Å². The predicted octanol–water partition coefficient (Wildman–Crippen LogP) is 5.11. The molecule has 150 valence electrons. The highest BCUT2D eigenvalue weighted by atomic mass is 32.1. The first kappa shape index (κ1) is 19.7. The van der Waals surface area contributed by atoms with E-state index in [2.05, 4.69) is 22.3 Å². The summed E-state index contributed by atoms with van der Waals surface area (Å²) in [6, 6.07) is 12.8. The second-order valence-corrected chi connectivity index (χ2v) is 8.33. The van der Waals surface area contributed by atoms with Crippen LogP contribution in [0.2, 0.25) is 0 Å². The molecule has 1 amide bonds. The van der Waals surface area contributed by atoms with Gasteiger partial charge in [0.05, 0.1) is 4.88 Å². The fraction of sp³-hybridized carbons (Fsp3) is 0.0952. The zero-order valence-electron chi connectivity index (χ0n) is 15.6. The standard InChI is InChI=1S/C21H14N2O5S2/c1-12-19(22-21(26)27-11-13-5-3-2-4-6-13)15(28-23-12)8-7-14-9-16-17(29-14)10-18(30-16)20(24)25/h2-6,9-10H,11H2,1H3,(H,22,26)(H,24,25). The fourth-order valence-electron chi connectivity index (χ4n) is 2.58. The lowest BCUT2D eigenvalue weighted by Crippen LogP contribution is -2.14. The number of carboxylic acid groups (broad SMARTS) is 1. The van der Waals surface area contributed by atoms with Gasteiger partial charge >= 0.3 is 12.1 Å². The Labute approximate surface area is 178 Å². The Morgan fingerprint density at radius 2 is 1.93 bits per heavy atom. The van der Waals surface area contributed by atoms with Crippen molar-refractivity contribution in [2.75, 3.05) is 5.32 Å². The number of hydrogen-bond acceptors (Lipinski definition) is 7. The Morgan fingerprint density at radius 1 is 1.17 bits per heavy atom. The zero-order chi connectivity index (χ0) is 21.1. The van der Waals surface area contributed by atoms with Gasteiger partial charge in [0.15, 0.2) is 0 Å². The van der Waals surface area contributed by atoms with E-state index in [1.165, 1.54) is 22.7 Å². The molecule has 0 unspecified atom stereocenters. The molecule has 0 aliphatic rings. The number of amides is 1. The first-order valence-corrected chi connectivity index (χ1v) is 10.4. The van der Waals surface area contributed by atoms with E-state index in [9.17, 15) is 9.59 Å². The van der Waals surface area contributed by atoms with E-state index in [4.69, 9.17) is 14.4 Å². The number of rotatable bonds is 4. The van der Waals surface area contributed by atoms with Crippen LogP contribution in [0.15, 0.2) is 47.0 Å². The first-order chi connectivity index (χ1) is 14.5. The fourth-order valence-corrected chi connectivity index (χ4v) is 4.67. The number of fused-ring (bicyclic) bond motifs is 1. The van der Waals surface area contributed by atoms with Gasteiger partial charge in [0, 0.05) is 9.40 Å². The van der Waals surface area contributed by atoms with Crippen LogP contribution in [0.4, 0.5) is 10.5 Å². The van der Waals surface area contributed by atoms with E-state index in [-0.39, 0.29) is 12.4 Å². The Balaban J connectivity index is 1.47. The van der Waals surface area contributed by atoms with E-state index in [1.807, 2.05) is 36.4 Å². The highest BCUT2D eigenvalue weighted by Crippen LogP contribution is 2.33. The first-order valence-electron chi connectivity index (χ1n) is 8.72. The van der Waals surface area contributed by atoms with Crippen molar-refractivity contribution < 1.29 is 24.0 Å². The van der Waals surface area contributed by atoms with Crippen molar-refractivity contribution >= 4 is 49.8 Å². The van der Waals surface area contributed by atoms with Gasteiger partial charge in [-0.3, -0.25) is 5.32 Å². The SMILES string of the molecule is Cc1noc(C#Cc2cc3sc(C(=O)O)cc3s2)c1NC(=O)OCc1ccccc1.